The van der Waals surface area contributed by atoms with Crippen LogP contribution in [0, 0.1) is 12.8 Å². The summed E-state index contributed by atoms with van der Waals surface area (Å²) < 4.78 is 5.80. The van der Waals surface area contributed by atoms with Crippen molar-refractivity contribution in [3.8, 4) is 11.1 Å². The number of thiophene rings is 1. The molecule has 1 aliphatic rings. The summed E-state index contributed by atoms with van der Waals surface area (Å²) in [5.74, 6) is 5.49. The van der Waals surface area contributed by atoms with Crippen molar-refractivity contribution >= 4 is 40.2 Å². The van der Waals surface area contributed by atoms with Gasteiger partial charge in [0.15, 0.2) is 5.71 Å². The summed E-state index contributed by atoms with van der Waals surface area (Å²) in [5, 5.41) is 20.6. The number of aryl methyl sites for hydroxylation is 1. The molecule has 1 fully saturated rings. The Morgan fingerprint density at radius 3 is 2.55 bits per heavy atom. The Morgan fingerprint density at radius 2 is 1.90 bits per heavy atom. The van der Waals surface area contributed by atoms with Gasteiger partial charge in [0.1, 0.15) is 0 Å². The number of anilines is 2. The van der Waals surface area contributed by atoms with Crippen LogP contribution in [0.5, 0.6) is 0 Å². The van der Waals surface area contributed by atoms with Gasteiger partial charge in [-0.25, -0.2) is 0 Å². The third kappa shape index (κ3) is 7.71. The molecule has 3 atom stereocenters. The van der Waals surface area contributed by atoms with Crippen LogP contribution in [0.3, 0.4) is 0 Å². The fraction of sp³-hybridized carbons (Fsp3) is 0.414. The van der Waals surface area contributed by atoms with Crippen LogP contribution in [0.15, 0.2) is 47.1 Å². The lowest BCUT2D eigenvalue weighted by molar-refractivity contribution is -0.116. The Bertz CT molecular complexity index is 1350. The SMILES string of the molecule is Cc1ncc(NC(=O)CCCC2C[C@@H](C)O[C@@H](C)C2)cc1NC(=O)/C(=N/N)c1ccc(-c2csc(CO)c2)cn1. The minimum atomic E-state index is -0.547. The Labute approximate surface area is 238 Å². The molecule has 10 nitrogen and oxygen atoms in total. The van der Waals surface area contributed by atoms with Crippen LogP contribution in [-0.4, -0.2) is 44.8 Å². The number of carbonyl (C=O) groups is 2. The number of rotatable bonds is 10. The third-order valence-electron chi connectivity index (χ3n) is 6.92. The van der Waals surface area contributed by atoms with E-state index in [4.69, 9.17) is 10.6 Å². The molecule has 40 heavy (non-hydrogen) atoms. The highest BCUT2D eigenvalue weighted by molar-refractivity contribution is 7.10. The number of nitrogens with two attached hydrogens (primary N) is 1. The second kappa shape index (κ2) is 13.6. The van der Waals surface area contributed by atoms with E-state index in [0.29, 0.717) is 35.1 Å². The number of hydrogen-bond donors (Lipinski definition) is 4. The zero-order chi connectivity index (χ0) is 28.6. The molecule has 5 N–H and O–H groups in total. The van der Waals surface area contributed by atoms with Gasteiger partial charge >= 0.3 is 0 Å². The minimum absolute atomic E-state index is 0.0190. The maximum Gasteiger partial charge on any atom is 0.278 e. The van der Waals surface area contributed by atoms with Crippen molar-refractivity contribution in [2.24, 2.45) is 16.9 Å². The number of ether oxygens (including phenoxy) is 1. The molecule has 0 spiro atoms. The lowest BCUT2D eigenvalue weighted by atomic mass is 9.88. The minimum Gasteiger partial charge on any atom is -0.391 e. The standard InChI is InChI=1S/C29H36N6O4S/c1-17-9-20(10-18(2)39-17)5-4-6-27(37)33-23-12-26(19(3)31-14-23)34-29(38)28(35-30)25-8-7-21(13-32-25)22-11-24(15-36)40-16-22/h7-8,11-14,16-18,20,36H,4-6,9-10,15,30H2,1-3H3,(H,33,37)(H,34,38)/b35-28+/t17-,18+,20?. The molecule has 1 aliphatic heterocycles. The Hall–Kier alpha value is -3.67. The number of amides is 2. The summed E-state index contributed by atoms with van der Waals surface area (Å²) in [6.45, 7) is 5.94. The number of hydrazone groups is 1. The molecule has 0 saturated carbocycles. The first-order chi connectivity index (χ1) is 19.2. The average molecular weight is 565 g/mol. The molecule has 212 valence electrons. The maximum atomic E-state index is 13.1. The van der Waals surface area contributed by atoms with Crippen LogP contribution in [0.2, 0.25) is 0 Å². The highest BCUT2D eigenvalue weighted by Crippen LogP contribution is 2.29. The average Bonchev–Trinajstić information content (AvgIpc) is 3.40. The molecule has 1 unspecified atom stereocenters. The quantitative estimate of drug-likeness (QED) is 0.159. The van der Waals surface area contributed by atoms with Gasteiger partial charge in [0.2, 0.25) is 5.91 Å². The topological polar surface area (TPSA) is 152 Å². The maximum absolute atomic E-state index is 13.1. The van der Waals surface area contributed by atoms with E-state index in [2.05, 4.69) is 39.6 Å². The fourth-order valence-electron chi connectivity index (χ4n) is 5.02. The van der Waals surface area contributed by atoms with E-state index in [0.717, 1.165) is 41.7 Å². The number of aliphatic hydroxyl groups excluding tert-OH is 1. The molecular weight excluding hydrogens is 528 g/mol. The monoisotopic (exact) mass is 564 g/mol. The molecule has 2 amide bonds. The van der Waals surface area contributed by atoms with Crippen molar-refractivity contribution in [3.05, 3.63) is 58.3 Å². The largest absolute Gasteiger partial charge is 0.391 e. The van der Waals surface area contributed by atoms with E-state index in [-0.39, 0.29) is 30.4 Å². The lowest BCUT2D eigenvalue weighted by Gasteiger charge is -2.32. The molecule has 3 aromatic rings. The van der Waals surface area contributed by atoms with Crippen LogP contribution >= 0.6 is 11.3 Å². The van der Waals surface area contributed by atoms with Gasteiger partial charge in [0, 0.05) is 23.1 Å². The fourth-order valence-corrected chi connectivity index (χ4v) is 5.78. The number of aliphatic hydroxyl groups is 1. The van der Waals surface area contributed by atoms with Gasteiger partial charge < -0.3 is 26.3 Å². The second-order valence-corrected chi connectivity index (χ2v) is 11.2. The van der Waals surface area contributed by atoms with Crippen molar-refractivity contribution < 1.29 is 19.4 Å². The van der Waals surface area contributed by atoms with E-state index < -0.39 is 5.91 Å². The molecule has 1 saturated heterocycles. The zero-order valence-electron chi connectivity index (χ0n) is 23.0. The van der Waals surface area contributed by atoms with Crippen molar-refractivity contribution in [1.29, 1.82) is 0 Å². The van der Waals surface area contributed by atoms with Gasteiger partial charge in [-0.2, -0.15) is 5.10 Å². The van der Waals surface area contributed by atoms with Gasteiger partial charge in [-0.3, -0.25) is 19.6 Å². The normalized spacial score (nSPS) is 19.3. The summed E-state index contributed by atoms with van der Waals surface area (Å²) in [6.07, 6.45) is 7.99. The van der Waals surface area contributed by atoms with Crippen molar-refractivity contribution in [1.82, 2.24) is 9.97 Å². The molecule has 4 rings (SSSR count). The molecule has 4 heterocycles. The summed E-state index contributed by atoms with van der Waals surface area (Å²) in [5.41, 5.74) is 3.54. The molecule has 0 aromatic carbocycles. The van der Waals surface area contributed by atoms with Crippen molar-refractivity contribution in [2.75, 3.05) is 10.6 Å². The summed E-state index contributed by atoms with van der Waals surface area (Å²) >= 11 is 1.46. The highest BCUT2D eigenvalue weighted by Gasteiger charge is 2.24. The predicted molar refractivity (Wildman–Crippen MR) is 157 cm³/mol. The van der Waals surface area contributed by atoms with Gasteiger partial charge in [-0.1, -0.05) is 6.07 Å². The van der Waals surface area contributed by atoms with Crippen LogP contribution in [0.4, 0.5) is 11.4 Å². The van der Waals surface area contributed by atoms with E-state index in [1.807, 2.05) is 17.5 Å². The molecule has 0 radical (unpaired) electrons. The summed E-state index contributed by atoms with van der Waals surface area (Å²) in [7, 11) is 0. The number of nitrogens with zero attached hydrogens (tertiary/aromatic N) is 3. The van der Waals surface area contributed by atoms with Crippen LogP contribution < -0.4 is 16.5 Å². The molecule has 0 bridgehead atoms. The molecular formula is C29H36N6O4S. The zero-order valence-corrected chi connectivity index (χ0v) is 23.8. The van der Waals surface area contributed by atoms with Gasteiger partial charge in [-0.15, -0.1) is 11.3 Å². The van der Waals surface area contributed by atoms with Crippen LogP contribution in [-0.2, 0) is 20.9 Å². The smallest absolute Gasteiger partial charge is 0.278 e. The van der Waals surface area contributed by atoms with Crippen LogP contribution in [0.1, 0.15) is 62.2 Å². The number of aromatic nitrogens is 2. The van der Waals surface area contributed by atoms with E-state index in [9.17, 15) is 14.7 Å². The number of pyridine rings is 2. The lowest BCUT2D eigenvalue weighted by Crippen LogP contribution is -2.29. The number of nitrogens with one attached hydrogen (secondary N) is 2. The Kier molecular flexibility index (Phi) is 9.97. The Balaban J connectivity index is 1.34. The van der Waals surface area contributed by atoms with Crippen molar-refractivity contribution in [2.45, 2.75) is 71.7 Å². The van der Waals surface area contributed by atoms with E-state index in [1.165, 1.54) is 11.3 Å². The first-order valence-electron chi connectivity index (χ1n) is 13.4. The Morgan fingerprint density at radius 1 is 1.12 bits per heavy atom. The van der Waals surface area contributed by atoms with Crippen molar-refractivity contribution in [3.63, 3.8) is 0 Å². The van der Waals surface area contributed by atoms with Gasteiger partial charge in [-0.05, 0) is 81.5 Å². The van der Waals surface area contributed by atoms with E-state index in [1.54, 1.807) is 31.5 Å². The number of carbonyl (C=O) groups excluding carboxylic acids is 2. The summed E-state index contributed by atoms with van der Waals surface area (Å²) in [4.78, 5) is 35.2. The predicted octanol–water partition coefficient (Wildman–Crippen LogP) is 4.62. The third-order valence-corrected chi connectivity index (χ3v) is 7.84. The van der Waals surface area contributed by atoms with Gasteiger partial charge in [0.25, 0.3) is 5.91 Å². The van der Waals surface area contributed by atoms with Crippen LogP contribution in [0.25, 0.3) is 11.1 Å². The molecule has 3 aromatic heterocycles. The molecule has 0 aliphatic carbocycles. The first-order valence-corrected chi connectivity index (χ1v) is 14.3. The van der Waals surface area contributed by atoms with Gasteiger partial charge in [0.05, 0.1) is 47.8 Å². The van der Waals surface area contributed by atoms with E-state index >= 15 is 0 Å². The number of hydrogen-bond acceptors (Lipinski definition) is 9. The first kappa shape index (κ1) is 29.3. The highest BCUT2D eigenvalue weighted by atomic mass is 32.1. The summed E-state index contributed by atoms with van der Waals surface area (Å²) in [6, 6.07) is 7.04. The second-order valence-electron chi connectivity index (χ2n) is 10.2. The molecule has 11 heteroatoms.